The van der Waals surface area contributed by atoms with E-state index >= 15 is 0 Å². The highest BCUT2D eigenvalue weighted by Gasteiger charge is 2.50. The third kappa shape index (κ3) is 5.94. The second-order valence-corrected chi connectivity index (χ2v) is 11.2. The van der Waals surface area contributed by atoms with Gasteiger partial charge in [0.25, 0.3) is 0 Å². The van der Waals surface area contributed by atoms with Crippen LogP contribution in [0.1, 0.15) is 91.4 Å². The molecule has 1 unspecified atom stereocenters. The molecule has 0 bridgehead atoms. The molecule has 0 spiro atoms. The Balaban J connectivity index is 1.67. The summed E-state index contributed by atoms with van der Waals surface area (Å²) in [5.41, 5.74) is 3.51. The van der Waals surface area contributed by atoms with E-state index < -0.39 is 17.9 Å². The van der Waals surface area contributed by atoms with E-state index in [4.69, 9.17) is 5.26 Å². The van der Waals surface area contributed by atoms with Gasteiger partial charge in [0.05, 0.1) is 5.92 Å². The molecule has 0 amide bonds. The normalized spacial score (nSPS) is 37.4. The van der Waals surface area contributed by atoms with E-state index in [2.05, 4.69) is 31.4 Å². The van der Waals surface area contributed by atoms with Crippen LogP contribution in [0.15, 0.2) is 35.5 Å². The van der Waals surface area contributed by atoms with Gasteiger partial charge in [-0.15, -0.1) is 0 Å². The number of fused-ring (bicyclic) bond motifs is 1. The topological polar surface area (TPSA) is 49.7 Å². The summed E-state index contributed by atoms with van der Waals surface area (Å²) in [7, 11) is 0. The number of hydrogen-bond donors (Lipinski definition) is 2. The van der Waals surface area contributed by atoms with E-state index in [9.17, 15) is 18.3 Å². The number of hydrogen-bond acceptors (Lipinski definition) is 3. The predicted molar refractivity (Wildman–Crippen MR) is 124 cm³/mol. The van der Waals surface area contributed by atoms with Crippen molar-refractivity contribution in [3.8, 4) is 0 Å². The van der Waals surface area contributed by atoms with Gasteiger partial charge in [-0.2, -0.15) is 13.2 Å². The summed E-state index contributed by atoms with van der Waals surface area (Å²) in [6.07, 6.45) is 8.61. The van der Waals surface area contributed by atoms with Crippen molar-refractivity contribution in [3.63, 3.8) is 0 Å². The molecule has 0 aromatic heterocycles. The Hall–Kier alpha value is -1.11. The Morgan fingerprint density at radius 3 is 2.55 bits per heavy atom. The highest BCUT2D eigenvalue weighted by molar-refractivity contribution is 5.37. The molecule has 0 aromatic carbocycles. The third-order valence-electron chi connectivity index (χ3n) is 8.99. The van der Waals surface area contributed by atoms with Gasteiger partial charge in [0.2, 0.25) is 5.79 Å². The molecule has 6 atom stereocenters. The van der Waals surface area contributed by atoms with Crippen molar-refractivity contribution in [2.75, 3.05) is 0 Å². The minimum absolute atomic E-state index is 0.191. The third-order valence-corrected chi connectivity index (χ3v) is 8.99. The number of halogens is 3. The first-order chi connectivity index (χ1) is 15.4. The first-order valence-corrected chi connectivity index (χ1v) is 12.6. The summed E-state index contributed by atoms with van der Waals surface area (Å²) in [6.45, 7) is 10.0. The van der Waals surface area contributed by atoms with Crippen molar-refractivity contribution in [1.82, 2.24) is 0 Å². The zero-order chi connectivity index (χ0) is 24.4. The zero-order valence-electron chi connectivity index (χ0n) is 20.4. The number of allylic oxidation sites excluding steroid dienone is 4. The van der Waals surface area contributed by atoms with E-state index in [1.165, 1.54) is 18.9 Å². The molecule has 3 saturated carbocycles. The van der Waals surface area contributed by atoms with E-state index in [-0.39, 0.29) is 18.3 Å². The Kier molecular flexibility index (Phi) is 8.23. The molecule has 0 aromatic rings. The summed E-state index contributed by atoms with van der Waals surface area (Å²) in [6, 6.07) is 0. The van der Waals surface area contributed by atoms with Gasteiger partial charge in [0.1, 0.15) is 0 Å². The molecule has 3 aliphatic carbocycles. The molecule has 3 fully saturated rings. The smallest absolute Gasteiger partial charge is 0.363 e. The maximum absolute atomic E-state index is 12.8. The average Bonchev–Trinajstić information content (AvgIpc) is 3.11. The van der Waals surface area contributed by atoms with Gasteiger partial charge < -0.3 is 5.11 Å². The van der Waals surface area contributed by atoms with Gasteiger partial charge in [-0.1, -0.05) is 63.5 Å². The lowest BCUT2D eigenvalue weighted by Gasteiger charge is -2.44. The first kappa shape index (κ1) is 26.5. The lowest BCUT2D eigenvalue weighted by atomic mass is 9.60. The largest absolute Gasteiger partial charge is 0.391 e. The number of alkyl halides is 3. The van der Waals surface area contributed by atoms with Gasteiger partial charge in [0.15, 0.2) is 0 Å². The summed E-state index contributed by atoms with van der Waals surface area (Å²) in [4.78, 5) is 4.33. The van der Waals surface area contributed by atoms with Crippen LogP contribution >= 0.6 is 0 Å². The van der Waals surface area contributed by atoms with Crippen LogP contribution in [0.2, 0.25) is 0 Å². The minimum Gasteiger partial charge on any atom is -0.363 e. The van der Waals surface area contributed by atoms with Crippen LogP contribution < -0.4 is 0 Å². The minimum atomic E-state index is -4.09. The standard InChI is InChI=1S/C27H41F3O3/c1-18-14-16-26(31,33-32)17-22(18)11-10-21-9-6-15-25(4)23(12-13-24(21)25)19(2)7-5-8-20(3)27(28,29)30/h10-11,19-20,23-24,31-32H,1,5-9,12-17H2,2-4H3/b21-10?,22-11-/t19-,20+,23-,24?,25-,26+/m1/s1. The molecule has 0 saturated heterocycles. The fraction of sp³-hybridized carbons (Fsp3) is 0.778. The summed E-state index contributed by atoms with van der Waals surface area (Å²) < 4.78 is 38.5. The second-order valence-electron chi connectivity index (χ2n) is 11.2. The van der Waals surface area contributed by atoms with Crippen LogP contribution in [-0.4, -0.2) is 22.3 Å². The molecule has 188 valence electrons. The second kappa shape index (κ2) is 10.2. The van der Waals surface area contributed by atoms with Crippen LogP contribution in [0.5, 0.6) is 0 Å². The van der Waals surface area contributed by atoms with E-state index in [0.29, 0.717) is 37.0 Å². The number of aliphatic hydroxyl groups is 1. The average molecular weight is 471 g/mol. The Bertz CT molecular complexity index is 771. The SMILES string of the molecule is C=C1CC[C@](O)(OO)C/C1=C/C=C1CCC[C@@]2(C)C1CC[C@@H]2[C@H](C)CCC[C@H](C)C(F)(F)F. The van der Waals surface area contributed by atoms with Gasteiger partial charge in [-0.25, -0.2) is 10.1 Å². The predicted octanol–water partition coefficient (Wildman–Crippen LogP) is 7.98. The molecule has 3 aliphatic rings. The Morgan fingerprint density at radius 1 is 1.15 bits per heavy atom. The molecule has 3 rings (SSSR count). The number of rotatable bonds is 7. The molecule has 0 aliphatic heterocycles. The van der Waals surface area contributed by atoms with Crippen molar-refractivity contribution < 1.29 is 28.4 Å². The van der Waals surface area contributed by atoms with Crippen molar-refractivity contribution >= 4 is 0 Å². The highest BCUT2D eigenvalue weighted by Crippen LogP contribution is 2.60. The van der Waals surface area contributed by atoms with Gasteiger partial charge in [-0.3, -0.25) is 0 Å². The van der Waals surface area contributed by atoms with Crippen molar-refractivity contribution in [2.24, 2.45) is 29.1 Å². The quantitative estimate of drug-likeness (QED) is 0.225. The Labute approximate surface area is 196 Å². The summed E-state index contributed by atoms with van der Waals surface area (Å²) in [5.74, 6) is -1.30. The van der Waals surface area contributed by atoms with Gasteiger partial charge in [-0.05, 0) is 73.7 Å². The molecule has 33 heavy (non-hydrogen) atoms. The van der Waals surface area contributed by atoms with Crippen molar-refractivity contribution in [1.29, 1.82) is 0 Å². The lowest BCUT2D eigenvalue weighted by Crippen LogP contribution is -2.36. The molecular weight excluding hydrogens is 429 g/mol. The molecule has 3 nitrogen and oxygen atoms in total. The van der Waals surface area contributed by atoms with Crippen LogP contribution in [0, 0.1) is 29.1 Å². The van der Waals surface area contributed by atoms with Gasteiger partial charge >= 0.3 is 6.18 Å². The Morgan fingerprint density at radius 2 is 1.88 bits per heavy atom. The molecular formula is C27H41F3O3. The summed E-state index contributed by atoms with van der Waals surface area (Å²) in [5, 5.41) is 19.4. The molecule has 0 radical (unpaired) electrons. The fourth-order valence-electron chi connectivity index (χ4n) is 6.81. The van der Waals surface area contributed by atoms with Crippen LogP contribution in [0.3, 0.4) is 0 Å². The van der Waals surface area contributed by atoms with Crippen LogP contribution in [0.4, 0.5) is 13.2 Å². The van der Waals surface area contributed by atoms with Crippen molar-refractivity contribution in [2.45, 2.75) is 103 Å². The van der Waals surface area contributed by atoms with Crippen LogP contribution in [-0.2, 0) is 4.89 Å². The van der Waals surface area contributed by atoms with Crippen LogP contribution in [0.25, 0.3) is 0 Å². The summed E-state index contributed by atoms with van der Waals surface area (Å²) >= 11 is 0. The van der Waals surface area contributed by atoms with Gasteiger partial charge in [0, 0.05) is 12.8 Å². The first-order valence-electron chi connectivity index (χ1n) is 12.6. The maximum atomic E-state index is 12.8. The molecule has 0 heterocycles. The highest BCUT2D eigenvalue weighted by atomic mass is 19.4. The van der Waals surface area contributed by atoms with Crippen molar-refractivity contribution in [3.05, 3.63) is 35.5 Å². The lowest BCUT2D eigenvalue weighted by molar-refractivity contribution is -0.394. The van der Waals surface area contributed by atoms with E-state index in [1.54, 1.807) is 0 Å². The maximum Gasteiger partial charge on any atom is 0.391 e. The zero-order valence-corrected chi connectivity index (χ0v) is 20.4. The van der Waals surface area contributed by atoms with E-state index in [0.717, 1.165) is 43.3 Å². The fourth-order valence-corrected chi connectivity index (χ4v) is 6.81. The molecule has 6 heteroatoms. The monoisotopic (exact) mass is 470 g/mol. The van der Waals surface area contributed by atoms with E-state index in [1.807, 2.05) is 6.08 Å². The molecule has 2 N–H and O–H groups in total.